The molecule has 0 bridgehead atoms. The van der Waals surface area contributed by atoms with E-state index in [9.17, 15) is 9.59 Å². The Labute approximate surface area is 170 Å². The van der Waals surface area contributed by atoms with Crippen LogP contribution in [-0.4, -0.2) is 40.4 Å². The predicted octanol–water partition coefficient (Wildman–Crippen LogP) is 3.34. The lowest BCUT2D eigenvalue weighted by atomic mass is 10.0. The molecule has 1 aromatic carbocycles. The molecule has 29 heavy (non-hydrogen) atoms. The molecule has 1 fully saturated rings. The molecule has 2 aromatic heterocycles. The minimum atomic E-state index is -0.189. The van der Waals surface area contributed by atoms with Gasteiger partial charge in [-0.3, -0.25) is 9.59 Å². The summed E-state index contributed by atoms with van der Waals surface area (Å²) < 4.78 is 7.40. The number of amides is 2. The Kier molecular flexibility index (Phi) is 5.51. The highest BCUT2D eigenvalue weighted by Crippen LogP contribution is 2.15. The van der Waals surface area contributed by atoms with E-state index in [0.29, 0.717) is 25.3 Å². The summed E-state index contributed by atoms with van der Waals surface area (Å²) in [5, 5.41) is 3.00. The van der Waals surface area contributed by atoms with Crippen molar-refractivity contribution in [3.05, 3.63) is 78.0 Å². The van der Waals surface area contributed by atoms with Gasteiger partial charge in [-0.1, -0.05) is 12.1 Å². The minimum Gasteiger partial charge on any atom is -0.456 e. The summed E-state index contributed by atoms with van der Waals surface area (Å²) in [4.78, 5) is 26.7. The van der Waals surface area contributed by atoms with Gasteiger partial charge in [0.05, 0.1) is 6.42 Å². The molecule has 1 N–H and O–H groups in total. The van der Waals surface area contributed by atoms with Gasteiger partial charge in [0.1, 0.15) is 5.76 Å². The second kappa shape index (κ2) is 8.39. The largest absolute Gasteiger partial charge is 0.456 e. The number of hydrogen-bond acceptors (Lipinski definition) is 3. The van der Waals surface area contributed by atoms with Crippen molar-refractivity contribution in [3.63, 3.8) is 0 Å². The van der Waals surface area contributed by atoms with Gasteiger partial charge >= 0.3 is 0 Å². The Bertz CT molecular complexity index is 965. The highest BCUT2D eigenvalue weighted by molar-refractivity contribution is 5.91. The smallest absolute Gasteiger partial charge is 0.287 e. The zero-order valence-corrected chi connectivity index (χ0v) is 16.5. The first-order valence-electron chi connectivity index (χ1n) is 9.96. The molecular formula is C23H25N3O3. The van der Waals surface area contributed by atoms with Gasteiger partial charge in [0.25, 0.3) is 5.91 Å². The van der Waals surface area contributed by atoms with Gasteiger partial charge in [-0.15, -0.1) is 0 Å². The summed E-state index contributed by atoms with van der Waals surface area (Å²) in [6.07, 6.45) is 5.90. The summed E-state index contributed by atoms with van der Waals surface area (Å²) >= 11 is 0. The lowest BCUT2D eigenvalue weighted by Gasteiger charge is -2.32. The van der Waals surface area contributed by atoms with Crippen LogP contribution in [0.4, 0.5) is 0 Å². The second-order valence-corrected chi connectivity index (χ2v) is 7.47. The fourth-order valence-electron chi connectivity index (χ4n) is 3.67. The Morgan fingerprint density at radius 1 is 1.03 bits per heavy atom. The van der Waals surface area contributed by atoms with E-state index in [-0.39, 0.29) is 17.9 Å². The zero-order valence-electron chi connectivity index (χ0n) is 16.5. The second-order valence-electron chi connectivity index (χ2n) is 7.47. The van der Waals surface area contributed by atoms with Crippen molar-refractivity contribution in [1.29, 1.82) is 0 Å². The first-order chi connectivity index (χ1) is 14.1. The molecule has 0 aliphatic carbocycles. The molecule has 4 rings (SSSR count). The summed E-state index contributed by atoms with van der Waals surface area (Å²) in [6, 6.07) is 15.6. The van der Waals surface area contributed by atoms with Crippen LogP contribution in [0, 0.1) is 6.92 Å². The molecule has 1 aliphatic rings. The number of aryl methyl sites for hydroxylation is 1. The Morgan fingerprint density at radius 2 is 1.72 bits per heavy atom. The molecule has 3 heterocycles. The number of likely N-dealkylation sites (tertiary alicyclic amines) is 1. The number of aromatic nitrogens is 1. The first kappa shape index (κ1) is 19.1. The molecular weight excluding hydrogens is 366 g/mol. The monoisotopic (exact) mass is 391 g/mol. The van der Waals surface area contributed by atoms with E-state index < -0.39 is 0 Å². The van der Waals surface area contributed by atoms with Crippen LogP contribution < -0.4 is 5.32 Å². The van der Waals surface area contributed by atoms with Crippen LogP contribution >= 0.6 is 0 Å². The third-order valence-electron chi connectivity index (χ3n) is 5.34. The molecule has 3 aromatic rings. The van der Waals surface area contributed by atoms with Crippen LogP contribution in [0.2, 0.25) is 0 Å². The Balaban J connectivity index is 1.26. The maximum Gasteiger partial charge on any atom is 0.287 e. The van der Waals surface area contributed by atoms with E-state index in [4.69, 9.17) is 4.42 Å². The number of nitrogens with zero attached hydrogens (tertiary/aromatic N) is 2. The van der Waals surface area contributed by atoms with Gasteiger partial charge in [-0.25, -0.2) is 0 Å². The number of piperidine rings is 1. The van der Waals surface area contributed by atoms with E-state index >= 15 is 0 Å². The van der Waals surface area contributed by atoms with Gasteiger partial charge in [-0.2, -0.15) is 0 Å². The SMILES string of the molecule is Cc1ccc(C(=O)NC2CCN(C(=O)Cc3ccc(-n4cccc4)cc3)CC2)o1. The number of rotatable bonds is 5. The van der Waals surface area contributed by atoms with E-state index in [1.54, 1.807) is 12.1 Å². The van der Waals surface area contributed by atoms with E-state index in [0.717, 1.165) is 29.9 Å². The van der Waals surface area contributed by atoms with E-state index in [1.165, 1.54) is 0 Å². The van der Waals surface area contributed by atoms with Gasteiger partial charge in [0.15, 0.2) is 5.76 Å². The highest BCUT2D eigenvalue weighted by Gasteiger charge is 2.24. The normalized spacial score (nSPS) is 14.7. The lowest BCUT2D eigenvalue weighted by Crippen LogP contribution is -2.46. The minimum absolute atomic E-state index is 0.0674. The fraction of sp³-hybridized carbons (Fsp3) is 0.304. The number of nitrogens with one attached hydrogen (secondary N) is 1. The number of carbonyl (C=O) groups is 2. The van der Waals surface area contributed by atoms with E-state index in [2.05, 4.69) is 5.32 Å². The molecule has 2 amide bonds. The lowest BCUT2D eigenvalue weighted by molar-refractivity contribution is -0.131. The summed E-state index contributed by atoms with van der Waals surface area (Å²) in [6.45, 7) is 3.12. The van der Waals surface area contributed by atoms with Gasteiger partial charge in [-0.05, 0) is 61.7 Å². The third-order valence-corrected chi connectivity index (χ3v) is 5.34. The standard InChI is InChI=1S/C23H25N3O3/c1-17-4-9-21(29-17)23(28)24-19-10-14-26(15-11-19)22(27)16-18-5-7-20(8-6-18)25-12-2-3-13-25/h2-9,12-13,19H,10-11,14-16H2,1H3,(H,24,28). The van der Waals surface area contributed by atoms with Crippen molar-refractivity contribution in [2.75, 3.05) is 13.1 Å². The molecule has 0 spiro atoms. The molecule has 0 radical (unpaired) electrons. The molecule has 0 saturated carbocycles. The van der Waals surface area contributed by atoms with Crippen molar-refractivity contribution in [1.82, 2.24) is 14.8 Å². The first-order valence-corrected chi connectivity index (χ1v) is 9.96. The average Bonchev–Trinajstić information content (AvgIpc) is 3.41. The average molecular weight is 391 g/mol. The Morgan fingerprint density at radius 3 is 2.34 bits per heavy atom. The highest BCUT2D eigenvalue weighted by atomic mass is 16.3. The maximum atomic E-state index is 12.7. The Hall–Kier alpha value is -3.28. The van der Waals surface area contributed by atoms with Crippen molar-refractivity contribution in [2.24, 2.45) is 0 Å². The van der Waals surface area contributed by atoms with Gasteiger partial charge in [0, 0.05) is 37.2 Å². The van der Waals surface area contributed by atoms with Crippen molar-refractivity contribution < 1.29 is 14.0 Å². The van der Waals surface area contributed by atoms with Crippen LogP contribution in [0.25, 0.3) is 5.69 Å². The van der Waals surface area contributed by atoms with Crippen LogP contribution in [-0.2, 0) is 11.2 Å². The summed E-state index contributed by atoms with van der Waals surface area (Å²) in [7, 11) is 0. The molecule has 1 saturated heterocycles. The van der Waals surface area contributed by atoms with Crippen LogP contribution in [0.15, 0.2) is 65.3 Å². The molecule has 6 nitrogen and oxygen atoms in total. The number of furan rings is 1. The number of benzene rings is 1. The molecule has 0 atom stereocenters. The maximum absolute atomic E-state index is 12.7. The molecule has 1 aliphatic heterocycles. The molecule has 150 valence electrons. The van der Waals surface area contributed by atoms with Crippen LogP contribution in [0.3, 0.4) is 0 Å². The van der Waals surface area contributed by atoms with Crippen LogP contribution in [0.1, 0.15) is 34.7 Å². The van der Waals surface area contributed by atoms with Crippen molar-refractivity contribution >= 4 is 11.8 Å². The summed E-state index contributed by atoms with van der Waals surface area (Å²) in [5.74, 6) is 0.997. The third kappa shape index (κ3) is 4.59. The fourth-order valence-corrected chi connectivity index (χ4v) is 3.67. The van der Waals surface area contributed by atoms with E-state index in [1.807, 2.05) is 65.2 Å². The molecule has 6 heteroatoms. The van der Waals surface area contributed by atoms with Crippen LogP contribution in [0.5, 0.6) is 0 Å². The topological polar surface area (TPSA) is 67.5 Å². The molecule has 0 unspecified atom stereocenters. The number of hydrogen-bond donors (Lipinski definition) is 1. The van der Waals surface area contributed by atoms with Gasteiger partial charge < -0.3 is 19.2 Å². The zero-order chi connectivity index (χ0) is 20.2. The van der Waals surface area contributed by atoms with Crippen molar-refractivity contribution in [3.8, 4) is 5.69 Å². The van der Waals surface area contributed by atoms with Gasteiger partial charge in [0.2, 0.25) is 5.91 Å². The number of carbonyl (C=O) groups excluding carboxylic acids is 2. The quantitative estimate of drug-likeness (QED) is 0.725. The summed E-state index contributed by atoms with van der Waals surface area (Å²) in [5.41, 5.74) is 2.09. The van der Waals surface area contributed by atoms with Crippen molar-refractivity contribution in [2.45, 2.75) is 32.2 Å². The predicted molar refractivity (Wildman–Crippen MR) is 110 cm³/mol.